The zero-order chi connectivity index (χ0) is 16.6. The number of carbonyl (C=O) groups is 2. The Balaban J connectivity index is 1.96. The van der Waals surface area contributed by atoms with Crippen LogP contribution in [0.2, 0.25) is 0 Å². The number of hydrogen-bond acceptors (Lipinski definition) is 4. The van der Waals surface area contributed by atoms with E-state index in [2.05, 4.69) is 5.32 Å². The average Bonchev–Trinajstić information content (AvgIpc) is 2.76. The molecule has 0 fully saturated rings. The summed E-state index contributed by atoms with van der Waals surface area (Å²) in [6.07, 6.45) is 0. The van der Waals surface area contributed by atoms with Gasteiger partial charge in [-0.25, -0.2) is 12.7 Å². The number of nitrogens with one attached hydrogen (secondary N) is 1. The third-order valence-electron chi connectivity index (χ3n) is 3.65. The quantitative estimate of drug-likeness (QED) is 0.922. The summed E-state index contributed by atoms with van der Waals surface area (Å²) in [4.78, 5) is 24.0. The van der Waals surface area contributed by atoms with Gasteiger partial charge in [-0.05, 0) is 29.8 Å². The molecule has 6 nitrogen and oxygen atoms in total. The van der Waals surface area contributed by atoms with Crippen molar-refractivity contribution in [3.8, 4) is 0 Å². The highest BCUT2D eigenvalue weighted by Gasteiger charge is 2.40. The van der Waals surface area contributed by atoms with Crippen LogP contribution in [0.15, 0.2) is 53.4 Å². The minimum Gasteiger partial charge on any atom is -0.355 e. The predicted octanol–water partition coefficient (Wildman–Crippen LogP) is 1.39. The van der Waals surface area contributed by atoms with E-state index in [0.29, 0.717) is 11.1 Å². The standard InChI is InChI=1S/C16H14N2O4S/c1-17-15(19)12-6-4-5-11(9-12)10-18-16(20)13-7-2-3-8-14(13)23(18,21)22/h2-9H,10H2,1H3,(H,17,19). The van der Waals surface area contributed by atoms with E-state index < -0.39 is 15.9 Å². The van der Waals surface area contributed by atoms with Crippen molar-refractivity contribution in [3.05, 3.63) is 65.2 Å². The summed E-state index contributed by atoms with van der Waals surface area (Å²) in [6, 6.07) is 12.7. The molecule has 1 N–H and O–H groups in total. The van der Waals surface area contributed by atoms with Crippen LogP contribution in [-0.4, -0.2) is 31.6 Å². The molecule has 0 saturated heterocycles. The third-order valence-corrected chi connectivity index (χ3v) is 5.44. The Morgan fingerprint density at radius 2 is 1.87 bits per heavy atom. The summed E-state index contributed by atoms with van der Waals surface area (Å²) < 4.78 is 25.8. The van der Waals surface area contributed by atoms with Crippen molar-refractivity contribution < 1.29 is 18.0 Å². The number of amides is 2. The van der Waals surface area contributed by atoms with Gasteiger partial charge in [0.15, 0.2) is 0 Å². The first-order valence-electron chi connectivity index (χ1n) is 6.92. The predicted molar refractivity (Wildman–Crippen MR) is 83.3 cm³/mol. The van der Waals surface area contributed by atoms with Crippen molar-refractivity contribution in [3.63, 3.8) is 0 Å². The molecular formula is C16H14N2O4S. The molecule has 0 aliphatic carbocycles. The lowest BCUT2D eigenvalue weighted by Crippen LogP contribution is -2.29. The van der Waals surface area contributed by atoms with Gasteiger partial charge in [-0.15, -0.1) is 0 Å². The van der Waals surface area contributed by atoms with Gasteiger partial charge in [0.2, 0.25) is 0 Å². The second-order valence-corrected chi connectivity index (χ2v) is 6.92. The fourth-order valence-corrected chi connectivity index (χ4v) is 4.07. The smallest absolute Gasteiger partial charge is 0.269 e. The Labute approximate surface area is 133 Å². The van der Waals surface area contributed by atoms with Crippen molar-refractivity contribution in [2.45, 2.75) is 11.4 Å². The van der Waals surface area contributed by atoms with Gasteiger partial charge in [-0.3, -0.25) is 9.59 Å². The van der Waals surface area contributed by atoms with E-state index >= 15 is 0 Å². The molecule has 3 rings (SSSR count). The summed E-state index contributed by atoms with van der Waals surface area (Å²) in [6.45, 7) is -0.110. The summed E-state index contributed by atoms with van der Waals surface area (Å²) >= 11 is 0. The van der Waals surface area contributed by atoms with Gasteiger partial charge >= 0.3 is 0 Å². The summed E-state index contributed by atoms with van der Waals surface area (Å²) in [5, 5.41) is 2.50. The van der Waals surface area contributed by atoms with Crippen molar-refractivity contribution in [2.75, 3.05) is 7.05 Å². The lowest BCUT2D eigenvalue weighted by molar-refractivity contribution is 0.0864. The lowest BCUT2D eigenvalue weighted by Gasteiger charge is -2.15. The second kappa shape index (κ2) is 5.51. The molecule has 2 aromatic carbocycles. The first-order valence-corrected chi connectivity index (χ1v) is 8.36. The Kier molecular flexibility index (Phi) is 3.65. The molecule has 1 heterocycles. The normalized spacial score (nSPS) is 15.3. The van der Waals surface area contributed by atoms with Crippen LogP contribution in [0.4, 0.5) is 0 Å². The highest BCUT2D eigenvalue weighted by atomic mass is 32.2. The number of carbonyl (C=O) groups excluding carboxylic acids is 2. The first-order chi connectivity index (χ1) is 10.9. The molecule has 1 aliphatic rings. The molecule has 0 unspecified atom stereocenters. The van der Waals surface area contributed by atoms with Gasteiger partial charge in [0, 0.05) is 12.6 Å². The maximum absolute atomic E-state index is 12.5. The maximum atomic E-state index is 12.5. The Morgan fingerprint density at radius 1 is 1.13 bits per heavy atom. The van der Waals surface area contributed by atoms with Gasteiger partial charge in [0.1, 0.15) is 4.90 Å². The largest absolute Gasteiger partial charge is 0.355 e. The van der Waals surface area contributed by atoms with E-state index in [-0.39, 0.29) is 22.9 Å². The highest BCUT2D eigenvalue weighted by Crippen LogP contribution is 2.31. The van der Waals surface area contributed by atoms with E-state index in [1.807, 2.05) is 0 Å². The monoisotopic (exact) mass is 330 g/mol. The van der Waals surface area contributed by atoms with Crippen LogP contribution in [0.5, 0.6) is 0 Å². The van der Waals surface area contributed by atoms with Crippen LogP contribution in [-0.2, 0) is 16.6 Å². The molecule has 0 radical (unpaired) electrons. The molecule has 2 aromatic rings. The van der Waals surface area contributed by atoms with Crippen LogP contribution in [0.25, 0.3) is 0 Å². The number of nitrogens with zero attached hydrogens (tertiary/aromatic N) is 1. The fraction of sp³-hybridized carbons (Fsp3) is 0.125. The summed E-state index contributed by atoms with van der Waals surface area (Å²) in [5.74, 6) is -0.823. The third kappa shape index (κ3) is 2.49. The summed E-state index contributed by atoms with van der Waals surface area (Å²) in [5.41, 5.74) is 1.15. The lowest BCUT2D eigenvalue weighted by atomic mass is 10.1. The van der Waals surface area contributed by atoms with Crippen LogP contribution in [0.1, 0.15) is 26.3 Å². The molecule has 0 aromatic heterocycles. The Bertz CT molecular complexity index is 906. The van der Waals surface area contributed by atoms with Gasteiger partial charge < -0.3 is 5.32 Å². The Hall–Kier alpha value is -2.67. The van der Waals surface area contributed by atoms with E-state index in [4.69, 9.17) is 0 Å². The highest BCUT2D eigenvalue weighted by molar-refractivity contribution is 7.90. The molecule has 2 amide bonds. The first kappa shape index (κ1) is 15.2. The summed E-state index contributed by atoms with van der Waals surface area (Å²) in [7, 11) is -2.34. The van der Waals surface area contributed by atoms with Crippen molar-refractivity contribution in [2.24, 2.45) is 0 Å². The van der Waals surface area contributed by atoms with Gasteiger partial charge in [-0.2, -0.15) is 0 Å². The molecule has 0 saturated carbocycles. The second-order valence-electron chi connectivity index (χ2n) is 5.09. The van der Waals surface area contributed by atoms with E-state index in [1.54, 1.807) is 36.4 Å². The van der Waals surface area contributed by atoms with Gasteiger partial charge in [0.05, 0.1) is 12.1 Å². The van der Waals surface area contributed by atoms with Crippen molar-refractivity contribution in [1.29, 1.82) is 0 Å². The molecule has 1 aliphatic heterocycles. The zero-order valence-electron chi connectivity index (χ0n) is 12.3. The minimum atomic E-state index is -3.85. The van der Waals surface area contributed by atoms with E-state index in [9.17, 15) is 18.0 Å². The molecule has 118 valence electrons. The maximum Gasteiger partial charge on any atom is 0.269 e. The van der Waals surface area contributed by atoms with Crippen LogP contribution >= 0.6 is 0 Å². The topological polar surface area (TPSA) is 83.6 Å². The number of rotatable bonds is 3. The van der Waals surface area contributed by atoms with E-state index in [0.717, 1.165) is 4.31 Å². The van der Waals surface area contributed by atoms with Crippen LogP contribution in [0.3, 0.4) is 0 Å². The minimum absolute atomic E-state index is 0.0208. The molecular weight excluding hydrogens is 316 g/mol. The van der Waals surface area contributed by atoms with Gasteiger partial charge in [-0.1, -0.05) is 24.3 Å². The van der Waals surface area contributed by atoms with E-state index in [1.165, 1.54) is 19.2 Å². The number of sulfonamides is 1. The average molecular weight is 330 g/mol. The number of fused-ring (bicyclic) bond motifs is 1. The fourth-order valence-electron chi connectivity index (χ4n) is 2.51. The van der Waals surface area contributed by atoms with Crippen molar-refractivity contribution >= 4 is 21.8 Å². The number of benzene rings is 2. The Morgan fingerprint density at radius 3 is 2.57 bits per heavy atom. The van der Waals surface area contributed by atoms with Gasteiger partial charge in [0.25, 0.3) is 21.8 Å². The molecule has 0 bridgehead atoms. The van der Waals surface area contributed by atoms with Crippen LogP contribution < -0.4 is 5.32 Å². The SMILES string of the molecule is CNC(=O)c1cccc(CN2C(=O)c3ccccc3S2(=O)=O)c1. The number of hydrogen-bond donors (Lipinski definition) is 1. The molecule has 0 atom stereocenters. The molecule has 7 heteroatoms. The molecule has 0 spiro atoms. The van der Waals surface area contributed by atoms with Crippen LogP contribution in [0, 0.1) is 0 Å². The molecule has 23 heavy (non-hydrogen) atoms. The zero-order valence-corrected chi connectivity index (χ0v) is 13.1. The van der Waals surface area contributed by atoms with Crippen molar-refractivity contribution in [1.82, 2.24) is 9.62 Å².